The van der Waals surface area contributed by atoms with Crippen LogP contribution in [0.15, 0.2) is 24.5 Å². The number of aromatic nitrogens is 1. The third kappa shape index (κ3) is 4.72. The fourth-order valence-electron chi connectivity index (χ4n) is 2.56. The van der Waals surface area contributed by atoms with Crippen LogP contribution in [0.4, 0.5) is 4.79 Å². The topological polar surface area (TPSA) is 71.5 Å². The molecule has 1 aliphatic heterocycles. The van der Waals surface area contributed by atoms with Crippen LogP contribution in [-0.2, 0) is 16.0 Å². The van der Waals surface area contributed by atoms with Crippen molar-refractivity contribution < 1.29 is 14.3 Å². The summed E-state index contributed by atoms with van der Waals surface area (Å²) in [5.41, 5.74) is 1.11. The van der Waals surface area contributed by atoms with E-state index in [4.69, 9.17) is 4.74 Å². The van der Waals surface area contributed by atoms with E-state index in [2.05, 4.69) is 10.3 Å². The number of carbonyl (C=O) groups excluding carboxylic acids is 2. The van der Waals surface area contributed by atoms with E-state index in [0.717, 1.165) is 12.0 Å². The summed E-state index contributed by atoms with van der Waals surface area (Å²) in [7, 11) is 0. The summed E-state index contributed by atoms with van der Waals surface area (Å²) < 4.78 is 4.97. The summed E-state index contributed by atoms with van der Waals surface area (Å²) in [4.78, 5) is 29.4. The molecule has 1 aromatic heterocycles. The van der Waals surface area contributed by atoms with Gasteiger partial charge in [-0.2, -0.15) is 0 Å². The van der Waals surface area contributed by atoms with Gasteiger partial charge in [0.1, 0.15) is 0 Å². The Morgan fingerprint density at radius 2 is 2.18 bits per heavy atom. The van der Waals surface area contributed by atoms with Gasteiger partial charge in [0.15, 0.2) is 0 Å². The number of carbonyl (C=O) groups is 2. The van der Waals surface area contributed by atoms with Crippen LogP contribution in [0.1, 0.15) is 25.3 Å². The summed E-state index contributed by atoms with van der Waals surface area (Å²) in [5.74, 6) is 0.0620. The number of hydrogen-bond acceptors (Lipinski definition) is 4. The summed E-state index contributed by atoms with van der Waals surface area (Å²) in [6, 6.07) is 3.89. The highest BCUT2D eigenvalue weighted by Gasteiger charge is 2.27. The highest BCUT2D eigenvalue weighted by Crippen LogP contribution is 2.18. The molecule has 0 bridgehead atoms. The number of rotatable bonds is 5. The predicted octanol–water partition coefficient (Wildman–Crippen LogP) is 1.61. The van der Waals surface area contributed by atoms with E-state index in [-0.39, 0.29) is 17.9 Å². The number of nitrogens with zero attached hydrogens (tertiary/aromatic N) is 2. The van der Waals surface area contributed by atoms with Gasteiger partial charge in [-0.05, 0) is 37.8 Å². The molecule has 1 N–H and O–H groups in total. The van der Waals surface area contributed by atoms with Crippen LogP contribution in [-0.4, -0.2) is 48.1 Å². The van der Waals surface area contributed by atoms with Crippen LogP contribution in [0.25, 0.3) is 0 Å². The summed E-state index contributed by atoms with van der Waals surface area (Å²) in [5, 5.41) is 2.97. The number of amides is 2. The Morgan fingerprint density at radius 1 is 1.41 bits per heavy atom. The molecule has 1 aromatic rings. The fraction of sp³-hybridized carbons (Fsp3) is 0.562. The molecule has 22 heavy (non-hydrogen) atoms. The summed E-state index contributed by atoms with van der Waals surface area (Å²) in [6.45, 7) is 3.95. The van der Waals surface area contributed by atoms with Gasteiger partial charge in [0.25, 0.3) is 0 Å². The van der Waals surface area contributed by atoms with Crippen molar-refractivity contribution in [3.8, 4) is 0 Å². The van der Waals surface area contributed by atoms with Gasteiger partial charge in [-0.3, -0.25) is 9.78 Å². The molecule has 0 saturated carbocycles. The third-order valence-corrected chi connectivity index (χ3v) is 3.83. The number of ether oxygens (including phenoxy) is 1. The van der Waals surface area contributed by atoms with Crippen LogP contribution in [0.2, 0.25) is 0 Å². The number of pyridine rings is 1. The Bertz CT molecular complexity index is 485. The van der Waals surface area contributed by atoms with Gasteiger partial charge >= 0.3 is 6.09 Å². The monoisotopic (exact) mass is 305 g/mol. The summed E-state index contributed by atoms with van der Waals surface area (Å²) >= 11 is 0. The van der Waals surface area contributed by atoms with Gasteiger partial charge < -0.3 is 15.0 Å². The average Bonchev–Trinajstić information content (AvgIpc) is 2.56. The Labute approximate surface area is 130 Å². The molecule has 0 aromatic carbocycles. The Balaban J connectivity index is 1.68. The van der Waals surface area contributed by atoms with E-state index in [1.165, 1.54) is 0 Å². The quantitative estimate of drug-likeness (QED) is 0.897. The number of hydrogen-bond donors (Lipinski definition) is 1. The molecule has 2 heterocycles. The molecule has 120 valence electrons. The third-order valence-electron chi connectivity index (χ3n) is 3.83. The number of likely N-dealkylation sites (tertiary alicyclic amines) is 1. The Kier molecular flexibility index (Phi) is 6.18. The molecule has 0 radical (unpaired) electrons. The molecule has 6 nitrogen and oxygen atoms in total. The second kappa shape index (κ2) is 8.36. The van der Waals surface area contributed by atoms with Crippen LogP contribution in [0, 0.1) is 5.92 Å². The molecular formula is C16H23N3O3. The second-order valence-corrected chi connectivity index (χ2v) is 5.36. The van der Waals surface area contributed by atoms with Gasteiger partial charge in [0.05, 0.1) is 6.61 Å². The van der Waals surface area contributed by atoms with Crippen molar-refractivity contribution in [3.63, 3.8) is 0 Å². The van der Waals surface area contributed by atoms with E-state index in [1.807, 2.05) is 18.3 Å². The van der Waals surface area contributed by atoms with E-state index in [0.29, 0.717) is 39.1 Å². The van der Waals surface area contributed by atoms with Crippen molar-refractivity contribution in [3.05, 3.63) is 30.1 Å². The van der Waals surface area contributed by atoms with Crippen molar-refractivity contribution in [1.82, 2.24) is 15.2 Å². The van der Waals surface area contributed by atoms with Crippen LogP contribution in [0.5, 0.6) is 0 Å². The molecule has 1 fully saturated rings. The Morgan fingerprint density at radius 3 is 2.82 bits per heavy atom. The maximum absolute atomic E-state index is 12.1. The highest BCUT2D eigenvalue weighted by atomic mass is 16.6. The first-order valence-corrected chi connectivity index (χ1v) is 7.79. The first kappa shape index (κ1) is 16.3. The van der Waals surface area contributed by atoms with Gasteiger partial charge in [-0.15, -0.1) is 0 Å². The van der Waals surface area contributed by atoms with Gasteiger partial charge in [0, 0.05) is 37.9 Å². The van der Waals surface area contributed by atoms with E-state index >= 15 is 0 Å². The van der Waals surface area contributed by atoms with E-state index in [9.17, 15) is 9.59 Å². The first-order chi connectivity index (χ1) is 10.7. The van der Waals surface area contributed by atoms with E-state index < -0.39 is 0 Å². The van der Waals surface area contributed by atoms with Crippen LogP contribution >= 0.6 is 0 Å². The van der Waals surface area contributed by atoms with Gasteiger partial charge in [-0.1, -0.05) is 6.07 Å². The van der Waals surface area contributed by atoms with Crippen LogP contribution < -0.4 is 5.32 Å². The number of piperidine rings is 1. The molecule has 2 rings (SSSR count). The van der Waals surface area contributed by atoms with Crippen molar-refractivity contribution in [1.29, 1.82) is 0 Å². The maximum Gasteiger partial charge on any atom is 0.409 e. The zero-order valence-electron chi connectivity index (χ0n) is 13.0. The molecule has 1 aliphatic rings. The number of nitrogens with one attached hydrogen (secondary N) is 1. The lowest BCUT2D eigenvalue weighted by Gasteiger charge is -2.30. The molecular weight excluding hydrogens is 282 g/mol. The second-order valence-electron chi connectivity index (χ2n) is 5.36. The molecule has 0 spiro atoms. The minimum Gasteiger partial charge on any atom is -0.450 e. The lowest BCUT2D eigenvalue weighted by molar-refractivity contribution is -0.126. The first-order valence-electron chi connectivity index (χ1n) is 7.79. The Hall–Kier alpha value is -2.11. The molecule has 0 aliphatic carbocycles. The molecule has 6 heteroatoms. The van der Waals surface area contributed by atoms with Crippen molar-refractivity contribution in [2.24, 2.45) is 5.92 Å². The van der Waals surface area contributed by atoms with Crippen molar-refractivity contribution in [2.45, 2.75) is 26.2 Å². The smallest absolute Gasteiger partial charge is 0.409 e. The van der Waals surface area contributed by atoms with Crippen molar-refractivity contribution in [2.75, 3.05) is 26.2 Å². The standard InChI is InChI=1S/C16H23N3O3/c1-2-22-16(21)19-10-6-14(7-11-19)15(20)18-9-5-13-4-3-8-17-12-13/h3-4,8,12,14H,2,5-7,9-11H2,1H3,(H,18,20). The lowest BCUT2D eigenvalue weighted by Crippen LogP contribution is -2.43. The molecule has 0 atom stereocenters. The largest absolute Gasteiger partial charge is 0.450 e. The molecule has 2 amide bonds. The minimum absolute atomic E-state index is 0.0143. The predicted molar refractivity (Wildman–Crippen MR) is 82.3 cm³/mol. The SMILES string of the molecule is CCOC(=O)N1CCC(C(=O)NCCc2cccnc2)CC1. The lowest BCUT2D eigenvalue weighted by atomic mass is 9.96. The zero-order valence-corrected chi connectivity index (χ0v) is 13.0. The van der Waals surface area contributed by atoms with Gasteiger partial charge in [-0.25, -0.2) is 4.79 Å². The maximum atomic E-state index is 12.1. The molecule has 1 saturated heterocycles. The van der Waals surface area contributed by atoms with E-state index in [1.54, 1.807) is 18.0 Å². The minimum atomic E-state index is -0.280. The zero-order chi connectivity index (χ0) is 15.8. The van der Waals surface area contributed by atoms with Crippen LogP contribution in [0.3, 0.4) is 0 Å². The highest BCUT2D eigenvalue weighted by molar-refractivity contribution is 5.79. The van der Waals surface area contributed by atoms with Gasteiger partial charge in [0.2, 0.25) is 5.91 Å². The van der Waals surface area contributed by atoms with Crippen molar-refractivity contribution >= 4 is 12.0 Å². The normalized spacial score (nSPS) is 15.4. The summed E-state index contributed by atoms with van der Waals surface area (Å²) in [6.07, 6.45) is 5.43. The fourth-order valence-corrected chi connectivity index (χ4v) is 2.56. The average molecular weight is 305 g/mol. The molecule has 0 unspecified atom stereocenters.